The topological polar surface area (TPSA) is 60.2 Å². The van der Waals surface area contributed by atoms with Gasteiger partial charge in [-0.25, -0.2) is 4.39 Å². The van der Waals surface area contributed by atoms with Crippen LogP contribution in [0.15, 0.2) is 28.7 Å². The SMILES string of the molecule is Fc1ccccc1C1(NCc2nnc(C3CCCOC3)o2)CC1. The molecule has 1 saturated heterocycles. The number of benzene rings is 1. The second-order valence-electron chi connectivity index (χ2n) is 6.36. The first kappa shape index (κ1) is 14.8. The van der Waals surface area contributed by atoms with Crippen molar-refractivity contribution in [1.82, 2.24) is 15.5 Å². The van der Waals surface area contributed by atoms with Crippen LogP contribution in [0.3, 0.4) is 0 Å². The maximum Gasteiger partial charge on any atom is 0.230 e. The molecule has 2 aromatic rings. The second-order valence-corrected chi connectivity index (χ2v) is 6.36. The highest BCUT2D eigenvalue weighted by atomic mass is 19.1. The molecule has 122 valence electrons. The number of hydrogen-bond donors (Lipinski definition) is 1. The molecular formula is C17H20FN3O2. The Morgan fingerprint density at radius 3 is 2.87 bits per heavy atom. The molecule has 5 nitrogen and oxygen atoms in total. The lowest BCUT2D eigenvalue weighted by atomic mass is 10.0. The molecule has 2 fully saturated rings. The summed E-state index contributed by atoms with van der Waals surface area (Å²) < 4.78 is 25.2. The number of ether oxygens (including phenoxy) is 1. The molecule has 23 heavy (non-hydrogen) atoms. The van der Waals surface area contributed by atoms with Gasteiger partial charge >= 0.3 is 0 Å². The minimum absolute atomic E-state index is 0.164. The van der Waals surface area contributed by atoms with Crippen LogP contribution in [0.1, 0.15) is 48.9 Å². The van der Waals surface area contributed by atoms with Crippen LogP contribution in [-0.4, -0.2) is 23.4 Å². The molecule has 0 bridgehead atoms. The summed E-state index contributed by atoms with van der Waals surface area (Å²) in [7, 11) is 0. The van der Waals surface area contributed by atoms with E-state index in [1.165, 1.54) is 6.07 Å². The van der Waals surface area contributed by atoms with Gasteiger partial charge in [-0.15, -0.1) is 10.2 Å². The van der Waals surface area contributed by atoms with Crippen molar-refractivity contribution in [2.45, 2.75) is 43.7 Å². The molecule has 2 heterocycles. The van der Waals surface area contributed by atoms with Crippen LogP contribution in [0.5, 0.6) is 0 Å². The van der Waals surface area contributed by atoms with E-state index < -0.39 is 0 Å². The molecule has 0 spiro atoms. The van der Waals surface area contributed by atoms with E-state index in [4.69, 9.17) is 9.15 Å². The molecular weight excluding hydrogens is 297 g/mol. The largest absolute Gasteiger partial charge is 0.423 e. The Labute approximate surface area is 134 Å². The van der Waals surface area contributed by atoms with Gasteiger partial charge in [-0.2, -0.15) is 0 Å². The minimum Gasteiger partial charge on any atom is -0.423 e. The zero-order valence-corrected chi connectivity index (χ0v) is 12.9. The predicted octanol–water partition coefficient (Wildman–Crippen LogP) is 2.88. The first-order chi connectivity index (χ1) is 11.3. The average molecular weight is 317 g/mol. The highest BCUT2D eigenvalue weighted by Gasteiger charge is 2.45. The fourth-order valence-electron chi connectivity index (χ4n) is 3.20. The molecule has 0 amide bonds. The van der Waals surface area contributed by atoms with Gasteiger partial charge in [-0.1, -0.05) is 18.2 Å². The Bertz CT molecular complexity index is 678. The molecule has 4 rings (SSSR count). The van der Waals surface area contributed by atoms with Gasteiger partial charge in [-0.3, -0.25) is 5.32 Å². The third-order valence-electron chi connectivity index (χ3n) is 4.71. The minimum atomic E-state index is -0.284. The van der Waals surface area contributed by atoms with Gasteiger partial charge in [0.2, 0.25) is 11.8 Å². The third kappa shape index (κ3) is 3.01. The van der Waals surface area contributed by atoms with Gasteiger partial charge in [0.15, 0.2) is 0 Å². The van der Waals surface area contributed by atoms with E-state index in [-0.39, 0.29) is 17.3 Å². The molecule has 1 aliphatic carbocycles. The first-order valence-corrected chi connectivity index (χ1v) is 8.17. The van der Waals surface area contributed by atoms with Crippen LogP contribution < -0.4 is 5.32 Å². The molecule has 1 N–H and O–H groups in total. The summed E-state index contributed by atoms with van der Waals surface area (Å²) in [6.45, 7) is 1.91. The summed E-state index contributed by atoms with van der Waals surface area (Å²) in [6.07, 6.45) is 3.89. The van der Waals surface area contributed by atoms with Crippen LogP contribution in [0.25, 0.3) is 0 Å². The lowest BCUT2D eigenvalue weighted by Crippen LogP contribution is -2.29. The van der Waals surface area contributed by atoms with Crippen molar-refractivity contribution in [3.05, 3.63) is 47.4 Å². The Hall–Kier alpha value is -1.79. The molecule has 0 radical (unpaired) electrons. The number of nitrogens with zero attached hydrogens (tertiary/aromatic N) is 2. The highest BCUT2D eigenvalue weighted by Crippen LogP contribution is 2.46. The van der Waals surface area contributed by atoms with Crippen molar-refractivity contribution < 1.29 is 13.5 Å². The van der Waals surface area contributed by atoms with Crippen molar-refractivity contribution in [2.24, 2.45) is 0 Å². The van der Waals surface area contributed by atoms with E-state index >= 15 is 0 Å². The zero-order valence-electron chi connectivity index (χ0n) is 12.9. The number of nitrogens with one attached hydrogen (secondary N) is 1. The molecule has 1 atom stereocenters. The Kier molecular flexibility index (Phi) is 3.87. The van der Waals surface area contributed by atoms with Crippen molar-refractivity contribution in [2.75, 3.05) is 13.2 Å². The van der Waals surface area contributed by atoms with E-state index in [2.05, 4.69) is 15.5 Å². The molecule has 6 heteroatoms. The Morgan fingerprint density at radius 1 is 1.26 bits per heavy atom. The van der Waals surface area contributed by atoms with E-state index in [1.807, 2.05) is 12.1 Å². The standard InChI is InChI=1S/C17H20FN3O2/c18-14-6-2-1-5-13(14)17(7-8-17)19-10-15-20-21-16(23-15)12-4-3-9-22-11-12/h1-2,5-6,12,19H,3-4,7-11H2. The summed E-state index contributed by atoms with van der Waals surface area (Å²) in [5.74, 6) is 1.24. The highest BCUT2D eigenvalue weighted by molar-refractivity contribution is 5.31. The normalized spacial score (nSPS) is 22.9. The molecule has 1 aromatic carbocycles. The lowest BCUT2D eigenvalue weighted by Gasteiger charge is -2.18. The van der Waals surface area contributed by atoms with Crippen molar-refractivity contribution in [1.29, 1.82) is 0 Å². The van der Waals surface area contributed by atoms with Gasteiger partial charge in [-0.05, 0) is 31.7 Å². The lowest BCUT2D eigenvalue weighted by molar-refractivity contribution is 0.0721. The maximum absolute atomic E-state index is 14.0. The smallest absolute Gasteiger partial charge is 0.230 e. The summed E-state index contributed by atoms with van der Waals surface area (Å²) in [5.41, 5.74) is 0.439. The number of hydrogen-bond acceptors (Lipinski definition) is 5. The van der Waals surface area contributed by atoms with E-state index in [9.17, 15) is 4.39 Å². The van der Waals surface area contributed by atoms with Gasteiger partial charge in [0.1, 0.15) is 5.82 Å². The summed E-state index contributed by atoms with van der Waals surface area (Å²) in [4.78, 5) is 0. The average Bonchev–Trinajstić information content (AvgIpc) is 3.23. The Balaban J connectivity index is 1.41. The van der Waals surface area contributed by atoms with E-state index in [1.54, 1.807) is 6.07 Å². The maximum atomic E-state index is 14.0. The van der Waals surface area contributed by atoms with Gasteiger partial charge < -0.3 is 9.15 Å². The van der Waals surface area contributed by atoms with E-state index in [0.29, 0.717) is 24.9 Å². The van der Waals surface area contributed by atoms with Crippen molar-refractivity contribution in [3.63, 3.8) is 0 Å². The summed E-state index contributed by atoms with van der Waals surface area (Å²) >= 11 is 0. The van der Waals surface area contributed by atoms with Gasteiger partial charge in [0.25, 0.3) is 0 Å². The first-order valence-electron chi connectivity index (χ1n) is 8.17. The number of rotatable bonds is 5. The second kappa shape index (κ2) is 6.02. The van der Waals surface area contributed by atoms with Crippen LogP contribution in [-0.2, 0) is 16.8 Å². The molecule has 1 aliphatic heterocycles. The van der Waals surface area contributed by atoms with Crippen LogP contribution in [0, 0.1) is 5.82 Å². The molecule has 1 saturated carbocycles. The van der Waals surface area contributed by atoms with Crippen LogP contribution in [0.2, 0.25) is 0 Å². The Morgan fingerprint density at radius 2 is 2.13 bits per heavy atom. The molecule has 1 unspecified atom stereocenters. The summed E-state index contributed by atoms with van der Waals surface area (Å²) in [6, 6.07) is 6.93. The van der Waals surface area contributed by atoms with Crippen molar-refractivity contribution in [3.8, 4) is 0 Å². The fourth-order valence-corrected chi connectivity index (χ4v) is 3.20. The zero-order chi connectivity index (χ0) is 15.7. The fraction of sp³-hybridized carbons (Fsp3) is 0.529. The monoisotopic (exact) mass is 317 g/mol. The molecule has 2 aliphatic rings. The number of aromatic nitrogens is 2. The quantitative estimate of drug-likeness (QED) is 0.919. The molecule has 1 aromatic heterocycles. The van der Waals surface area contributed by atoms with E-state index in [0.717, 1.165) is 37.9 Å². The summed E-state index contributed by atoms with van der Waals surface area (Å²) in [5, 5.41) is 11.6. The van der Waals surface area contributed by atoms with Gasteiger partial charge in [0, 0.05) is 17.7 Å². The van der Waals surface area contributed by atoms with Crippen molar-refractivity contribution >= 4 is 0 Å². The predicted molar refractivity (Wildman–Crippen MR) is 81.2 cm³/mol. The van der Waals surface area contributed by atoms with Crippen LogP contribution in [0.4, 0.5) is 4.39 Å². The van der Waals surface area contributed by atoms with Gasteiger partial charge in [0.05, 0.1) is 19.1 Å². The van der Waals surface area contributed by atoms with Crippen LogP contribution >= 0.6 is 0 Å². The third-order valence-corrected chi connectivity index (χ3v) is 4.71. The number of halogens is 1.